The highest BCUT2D eigenvalue weighted by Crippen LogP contribution is 2.40. The molecule has 3 heterocycles. The zero-order chi connectivity index (χ0) is 33.2. The van der Waals surface area contributed by atoms with Gasteiger partial charge in [0.25, 0.3) is 5.91 Å². The van der Waals surface area contributed by atoms with E-state index in [1.165, 1.54) is 0 Å². The van der Waals surface area contributed by atoms with Gasteiger partial charge in [0.2, 0.25) is 11.9 Å². The van der Waals surface area contributed by atoms with E-state index in [2.05, 4.69) is 25.4 Å². The first-order valence-corrected chi connectivity index (χ1v) is 16.3. The highest BCUT2D eigenvalue weighted by atomic mass is 16.5. The van der Waals surface area contributed by atoms with Gasteiger partial charge in [0.1, 0.15) is 23.5 Å². The second-order valence-electron chi connectivity index (χ2n) is 13.4. The van der Waals surface area contributed by atoms with E-state index >= 15 is 0 Å². The van der Waals surface area contributed by atoms with Crippen LogP contribution < -0.4 is 25.2 Å². The fourth-order valence-electron chi connectivity index (χ4n) is 6.99. The number of rotatable bonds is 10. The molecule has 1 saturated carbocycles. The Balaban J connectivity index is 1.25. The second kappa shape index (κ2) is 13.8. The molecule has 5 rings (SSSR count). The molecule has 1 saturated heterocycles. The molecule has 0 radical (unpaired) electrons. The van der Waals surface area contributed by atoms with Crippen molar-refractivity contribution in [2.45, 2.75) is 83.5 Å². The molecule has 2 fully saturated rings. The molecule has 1 aliphatic carbocycles. The zero-order valence-corrected chi connectivity index (χ0v) is 27.9. The summed E-state index contributed by atoms with van der Waals surface area (Å²) in [6, 6.07) is 4.56. The lowest BCUT2D eigenvalue weighted by Gasteiger charge is -2.46. The fraction of sp³-hybridized carbons (Fsp3) is 0.606. The van der Waals surface area contributed by atoms with Gasteiger partial charge in [0, 0.05) is 56.9 Å². The number of carbonyl (C=O) groups excluding carboxylic acids is 2. The lowest BCUT2D eigenvalue weighted by Crippen LogP contribution is -2.62. The number of methoxy groups -OCH3 is 1. The maximum Gasteiger partial charge on any atom is 0.322 e. The molecule has 2 amide bonds. The van der Waals surface area contributed by atoms with Gasteiger partial charge in [-0.2, -0.15) is 4.98 Å². The first kappa shape index (κ1) is 33.4. The van der Waals surface area contributed by atoms with E-state index in [1.54, 1.807) is 43.5 Å². The van der Waals surface area contributed by atoms with Crippen LogP contribution in [0.15, 0.2) is 24.4 Å². The molecule has 2 aromatic rings. The number of ether oxygens (including phenoxy) is 1. The van der Waals surface area contributed by atoms with Crippen LogP contribution in [-0.4, -0.2) is 113 Å². The Labute approximate surface area is 271 Å². The molecule has 46 heavy (non-hydrogen) atoms. The van der Waals surface area contributed by atoms with Gasteiger partial charge in [-0.25, -0.2) is 4.98 Å². The largest absolute Gasteiger partial charge is 0.495 e. The standard InChI is InChI=1S/C33H48N8O5/c1-7-24-30(43)38(5)25-19-35-32(37-28(25)41(24)22-10-8-9-11-22)36-23-13-12-21(18-27(23)46-6)29(42)34-14-15-39-16-17-40(33(2,3)4)26(20-39)31(44)45/h12-13,18-19,22,24,26H,7-11,14-17,20H2,1-6H3,(H,34,42)(H,44,45)(H,35,36,37)/t24-,26?/m1/s1. The van der Waals surface area contributed by atoms with Crippen LogP contribution in [0.25, 0.3) is 0 Å². The summed E-state index contributed by atoms with van der Waals surface area (Å²) in [6.07, 6.45) is 6.74. The van der Waals surface area contributed by atoms with E-state index in [-0.39, 0.29) is 29.4 Å². The number of carboxylic acid groups (broad SMARTS) is 1. The van der Waals surface area contributed by atoms with Crippen LogP contribution in [0.3, 0.4) is 0 Å². The van der Waals surface area contributed by atoms with E-state index in [0.29, 0.717) is 61.2 Å². The second-order valence-corrected chi connectivity index (χ2v) is 13.4. The predicted molar refractivity (Wildman–Crippen MR) is 177 cm³/mol. The Hall–Kier alpha value is -3.97. The summed E-state index contributed by atoms with van der Waals surface area (Å²) < 4.78 is 5.63. The highest BCUT2D eigenvalue weighted by molar-refractivity contribution is 6.04. The van der Waals surface area contributed by atoms with Crippen molar-refractivity contribution in [2.75, 3.05) is 62.0 Å². The number of aromatic nitrogens is 2. The maximum absolute atomic E-state index is 13.2. The van der Waals surface area contributed by atoms with Crippen molar-refractivity contribution in [3.8, 4) is 5.75 Å². The van der Waals surface area contributed by atoms with Gasteiger partial charge in [-0.3, -0.25) is 24.2 Å². The number of nitrogens with one attached hydrogen (secondary N) is 2. The molecule has 250 valence electrons. The highest BCUT2D eigenvalue weighted by Gasteiger charge is 2.41. The van der Waals surface area contributed by atoms with Crippen LogP contribution in [0.1, 0.15) is 70.2 Å². The Morgan fingerprint density at radius 2 is 1.89 bits per heavy atom. The summed E-state index contributed by atoms with van der Waals surface area (Å²) in [5, 5.41) is 16.0. The van der Waals surface area contributed by atoms with Crippen molar-refractivity contribution in [1.29, 1.82) is 0 Å². The third kappa shape index (κ3) is 6.90. The summed E-state index contributed by atoms with van der Waals surface area (Å²) in [7, 11) is 3.32. The lowest BCUT2D eigenvalue weighted by atomic mass is 10.00. The number of carboxylic acids is 1. The molecule has 0 bridgehead atoms. The minimum absolute atomic E-state index is 0.0642. The number of hydrogen-bond acceptors (Lipinski definition) is 10. The lowest BCUT2D eigenvalue weighted by molar-refractivity contribution is -0.149. The summed E-state index contributed by atoms with van der Waals surface area (Å²) in [4.78, 5) is 55.6. The van der Waals surface area contributed by atoms with Crippen molar-refractivity contribution in [3.05, 3.63) is 30.0 Å². The third-order valence-corrected chi connectivity index (χ3v) is 9.45. The molecule has 0 spiro atoms. The van der Waals surface area contributed by atoms with Gasteiger partial charge in [0.15, 0.2) is 5.82 Å². The SMILES string of the molecule is CC[C@@H]1C(=O)N(C)c2cnc(Nc3ccc(C(=O)NCCN4CCN(C(C)(C)C)C(C(=O)O)C4)cc3OC)nc2N1C1CCCC1. The van der Waals surface area contributed by atoms with E-state index in [1.807, 2.05) is 32.6 Å². The van der Waals surface area contributed by atoms with Crippen LogP contribution in [0.4, 0.5) is 23.1 Å². The number of piperazine rings is 1. The van der Waals surface area contributed by atoms with Gasteiger partial charge in [-0.1, -0.05) is 19.8 Å². The molecule has 2 aliphatic heterocycles. The smallest absolute Gasteiger partial charge is 0.322 e. The third-order valence-electron chi connectivity index (χ3n) is 9.45. The Morgan fingerprint density at radius 3 is 2.54 bits per heavy atom. The number of benzene rings is 1. The van der Waals surface area contributed by atoms with Crippen LogP contribution in [0.5, 0.6) is 5.75 Å². The summed E-state index contributed by atoms with van der Waals surface area (Å²) >= 11 is 0. The molecular weight excluding hydrogens is 588 g/mol. The van der Waals surface area contributed by atoms with Crippen LogP contribution >= 0.6 is 0 Å². The van der Waals surface area contributed by atoms with E-state index < -0.39 is 12.0 Å². The minimum atomic E-state index is -0.830. The maximum atomic E-state index is 13.2. The van der Waals surface area contributed by atoms with Gasteiger partial charge in [-0.15, -0.1) is 0 Å². The predicted octanol–water partition coefficient (Wildman–Crippen LogP) is 3.33. The quantitative estimate of drug-likeness (QED) is 0.353. The van der Waals surface area contributed by atoms with Crippen molar-refractivity contribution < 1.29 is 24.2 Å². The number of amides is 2. The van der Waals surface area contributed by atoms with Crippen LogP contribution in [-0.2, 0) is 9.59 Å². The average Bonchev–Trinajstić information content (AvgIpc) is 3.56. The molecule has 1 aromatic heterocycles. The number of hydrogen-bond donors (Lipinski definition) is 3. The normalized spacial score (nSPS) is 21.3. The average molecular weight is 637 g/mol. The summed E-state index contributed by atoms with van der Waals surface area (Å²) in [5.41, 5.74) is 1.50. The Kier molecular flexibility index (Phi) is 10.0. The van der Waals surface area contributed by atoms with Crippen molar-refractivity contribution in [3.63, 3.8) is 0 Å². The molecule has 13 heteroatoms. The number of carbonyl (C=O) groups is 3. The Bertz CT molecular complexity index is 1440. The number of fused-ring (bicyclic) bond motifs is 1. The van der Waals surface area contributed by atoms with Crippen molar-refractivity contribution >= 4 is 40.9 Å². The number of aliphatic carboxylic acids is 1. The van der Waals surface area contributed by atoms with Gasteiger partial charge in [0.05, 0.1) is 19.0 Å². The molecule has 3 aliphatic rings. The van der Waals surface area contributed by atoms with E-state index in [0.717, 1.165) is 38.0 Å². The van der Waals surface area contributed by atoms with Gasteiger partial charge < -0.3 is 30.3 Å². The molecule has 13 nitrogen and oxygen atoms in total. The molecule has 1 unspecified atom stereocenters. The first-order chi connectivity index (χ1) is 21.9. The van der Waals surface area contributed by atoms with Crippen LogP contribution in [0, 0.1) is 0 Å². The summed E-state index contributed by atoms with van der Waals surface area (Å²) in [6.45, 7) is 10.9. The number of anilines is 4. The molecule has 3 N–H and O–H groups in total. The van der Waals surface area contributed by atoms with Crippen LogP contribution in [0.2, 0.25) is 0 Å². The monoisotopic (exact) mass is 636 g/mol. The van der Waals surface area contributed by atoms with Crippen molar-refractivity contribution in [1.82, 2.24) is 25.1 Å². The van der Waals surface area contributed by atoms with E-state index in [9.17, 15) is 19.5 Å². The first-order valence-electron chi connectivity index (χ1n) is 16.3. The Morgan fingerprint density at radius 1 is 1.15 bits per heavy atom. The zero-order valence-electron chi connectivity index (χ0n) is 27.9. The van der Waals surface area contributed by atoms with Gasteiger partial charge in [-0.05, 0) is 58.2 Å². The number of likely N-dealkylation sites (N-methyl/N-ethyl adjacent to an activating group) is 1. The van der Waals surface area contributed by atoms with Crippen molar-refractivity contribution in [2.24, 2.45) is 0 Å². The fourth-order valence-corrected chi connectivity index (χ4v) is 6.99. The van der Waals surface area contributed by atoms with E-state index in [4.69, 9.17) is 9.72 Å². The molecule has 1 aromatic carbocycles. The topological polar surface area (TPSA) is 143 Å². The molecule has 2 atom stereocenters. The number of nitrogens with zero attached hydrogens (tertiary/aromatic N) is 6. The summed E-state index contributed by atoms with van der Waals surface area (Å²) in [5.74, 6) is 0.577. The molecular formula is C33H48N8O5. The van der Waals surface area contributed by atoms with Gasteiger partial charge >= 0.3 is 5.97 Å². The minimum Gasteiger partial charge on any atom is -0.495 e.